The summed E-state index contributed by atoms with van der Waals surface area (Å²) in [5, 5.41) is 2.84. The van der Waals surface area contributed by atoms with Crippen molar-refractivity contribution in [1.29, 1.82) is 0 Å². The van der Waals surface area contributed by atoms with E-state index in [4.69, 9.17) is 9.15 Å². The van der Waals surface area contributed by atoms with Crippen LogP contribution in [0.3, 0.4) is 0 Å². The van der Waals surface area contributed by atoms with Crippen LogP contribution < -0.4 is 10.1 Å². The van der Waals surface area contributed by atoms with E-state index in [2.05, 4.69) is 21.2 Å². The van der Waals surface area contributed by atoms with Crippen molar-refractivity contribution < 1.29 is 18.7 Å². The topological polar surface area (TPSA) is 71.8 Å². The Morgan fingerprint density at radius 1 is 1.12 bits per heavy atom. The second kappa shape index (κ2) is 7.53. The minimum atomic E-state index is -0.471. The number of hydrogen-bond acceptors (Lipinski definition) is 4. The van der Waals surface area contributed by atoms with Gasteiger partial charge in [-0.15, -0.1) is 0 Å². The number of rotatable bonds is 3. The molecule has 0 saturated carbocycles. The molecule has 0 radical (unpaired) electrons. The Balaban J connectivity index is 1.46. The van der Waals surface area contributed by atoms with Crippen LogP contribution in [0.1, 0.15) is 23.4 Å². The van der Waals surface area contributed by atoms with E-state index in [-0.39, 0.29) is 11.9 Å². The molecule has 1 aliphatic rings. The number of carbonyl (C=O) groups is 2. The highest BCUT2D eigenvalue weighted by Gasteiger charge is 2.26. The van der Waals surface area contributed by atoms with Crippen LogP contribution in [0.15, 0.2) is 51.6 Å². The number of carbonyl (C=O) groups excluding carboxylic acids is 2. The fraction of sp³-hybridized carbons (Fsp3) is 0.294. The fourth-order valence-electron chi connectivity index (χ4n) is 2.60. The molecule has 0 unspecified atom stereocenters. The van der Waals surface area contributed by atoms with Gasteiger partial charge in [-0.05, 0) is 53.0 Å². The molecule has 2 amide bonds. The van der Waals surface area contributed by atoms with Crippen LogP contribution in [0.25, 0.3) is 0 Å². The van der Waals surface area contributed by atoms with Crippen LogP contribution in [0.4, 0.5) is 4.79 Å². The largest absolute Gasteiger partial charge is 0.444 e. The average Bonchev–Trinajstić information content (AvgIpc) is 3.02. The van der Waals surface area contributed by atoms with E-state index < -0.39 is 6.09 Å². The van der Waals surface area contributed by atoms with E-state index in [1.54, 1.807) is 41.3 Å². The summed E-state index contributed by atoms with van der Waals surface area (Å²) in [5.41, 5.74) is 0. The first-order valence-corrected chi connectivity index (χ1v) is 8.49. The maximum absolute atomic E-state index is 12.3. The van der Waals surface area contributed by atoms with E-state index in [1.165, 1.54) is 0 Å². The van der Waals surface area contributed by atoms with Crippen molar-refractivity contribution in [3.05, 3.63) is 52.9 Å². The Labute approximate surface area is 147 Å². The lowest BCUT2D eigenvalue weighted by molar-refractivity contribution is 0.0673. The third kappa shape index (κ3) is 4.17. The van der Waals surface area contributed by atoms with E-state index >= 15 is 0 Å². The van der Waals surface area contributed by atoms with Gasteiger partial charge in [-0.25, -0.2) is 4.79 Å². The zero-order chi connectivity index (χ0) is 16.9. The monoisotopic (exact) mass is 392 g/mol. The van der Waals surface area contributed by atoms with Crippen molar-refractivity contribution in [2.75, 3.05) is 13.1 Å². The summed E-state index contributed by atoms with van der Waals surface area (Å²) in [7, 11) is 0. The van der Waals surface area contributed by atoms with Gasteiger partial charge in [0, 0.05) is 19.1 Å². The molecule has 126 valence electrons. The summed E-state index contributed by atoms with van der Waals surface area (Å²) >= 11 is 3.19. The molecular weight excluding hydrogens is 376 g/mol. The summed E-state index contributed by atoms with van der Waals surface area (Å²) in [4.78, 5) is 25.9. The Morgan fingerprint density at radius 2 is 1.83 bits per heavy atom. The number of halogens is 1. The molecule has 7 heteroatoms. The number of nitrogens with zero attached hydrogens (tertiary/aromatic N) is 1. The maximum Gasteiger partial charge on any atom is 0.412 e. The van der Waals surface area contributed by atoms with Crippen LogP contribution in [0, 0.1) is 0 Å². The summed E-state index contributed by atoms with van der Waals surface area (Å²) in [5.74, 6) is 0.689. The highest BCUT2D eigenvalue weighted by Crippen LogP contribution is 2.19. The van der Waals surface area contributed by atoms with Crippen LogP contribution >= 0.6 is 15.9 Å². The standard InChI is InChI=1S/C17H17BrN2O4/c18-15-7-6-14(24-15)16(21)20-10-8-12(9-11-20)19-17(22)23-13-4-2-1-3-5-13/h1-7,12H,8-11H2,(H,19,22). The quantitative estimate of drug-likeness (QED) is 0.868. The number of piperidine rings is 1. The molecule has 6 nitrogen and oxygen atoms in total. The Bertz CT molecular complexity index is 708. The van der Waals surface area contributed by atoms with Gasteiger partial charge in [0.25, 0.3) is 5.91 Å². The lowest BCUT2D eigenvalue weighted by atomic mass is 10.1. The minimum absolute atomic E-state index is 0.00593. The van der Waals surface area contributed by atoms with E-state index in [1.807, 2.05) is 6.07 Å². The van der Waals surface area contributed by atoms with Crippen LogP contribution in [-0.2, 0) is 0 Å². The number of para-hydroxylation sites is 1. The van der Waals surface area contributed by atoms with Gasteiger partial charge in [0.15, 0.2) is 10.4 Å². The number of likely N-dealkylation sites (tertiary alicyclic amines) is 1. The van der Waals surface area contributed by atoms with Crippen molar-refractivity contribution in [3.63, 3.8) is 0 Å². The molecule has 2 aromatic rings. The SMILES string of the molecule is O=C(NC1CCN(C(=O)c2ccc(Br)o2)CC1)Oc1ccccc1. The van der Waals surface area contributed by atoms with Gasteiger partial charge in [0.1, 0.15) is 5.75 Å². The molecular formula is C17H17BrN2O4. The summed E-state index contributed by atoms with van der Waals surface area (Å²) in [6.07, 6.45) is 0.885. The van der Waals surface area contributed by atoms with Gasteiger partial charge in [-0.3, -0.25) is 4.79 Å². The first-order valence-electron chi connectivity index (χ1n) is 7.70. The molecule has 0 aliphatic carbocycles. The molecule has 0 spiro atoms. The molecule has 1 aromatic heterocycles. The molecule has 0 atom stereocenters. The van der Waals surface area contributed by atoms with Crippen molar-refractivity contribution in [3.8, 4) is 5.75 Å². The Kier molecular flexibility index (Phi) is 5.20. The second-order valence-electron chi connectivity index (χ2n) is 5.52. The van der Waals surface area contributed by atoms with E-state index in [9.17, 15) is 9.59 Å². The van der Waals surface area contributed by atoms with Crippen LogP contribution in [0.5, 0.6) is 5.75 Å². The first-order chi connectivity index (χ1) is 11.6. The number of benzene rings is 1. The van der Waals surface area contributed by atoms with Crippen LogP contribution in [-0.4, -0.2) is 36.0 Å². The van der Waals surface area contributed by atoms with E-state index in [0.717, 1.165) is 0 Å². The second-order valence-corrected chi connectivity index (χ2v) is 6.30. The molecule has 1 saturated heterocycles. The molecule has 0 bridgehead atoms. The molecule has 3 rings (SSSR count). The van der Waals surface area contributed by atoms with E-state index in [0.29, 0.717) is 42.1 Å². The van der Waals surface area contributed by atoms with Gasteiger partial charge >= 0.3 is 6.09 Å². The zero-order valence-electron chi connectivity index (χ0n) is 12.9. The van der Waals surface area contributed by atoms with Crippen molar-refractivity contribution in [1.82, 2.24) is 10.2 Å². The average molecular weight is 393 g/mol. The number of nitrogens with one attached hydrogen (secondary N) is 1. The lowest BCUT2D eigenvalue weighted by Crippen LogP contribution is -2.47. The summed E-state index contributed by atoms with van der Waals surface area (Å²) < 4.78 is 11.0. The van der Waals surface area contributed by atoms with Gasteiger partial charge in [0.2, 0.25) is 0 Å². The summed E-state index contributed by atoms with van der Waals surface area (Å²) in [6.45, 7) is 1.13. The molecule has 24 heavy (non-hydrogen) atoms. The Hall–Kier alpha value is -2.28. The molecule has 2 heterocycles. The molecule has 1 aromatic carbocycles. The zero-order valence-corrected chi connectivity index (χ0v) is 14.5. The number of ether oxygens (including phenoxy) is 1. The third-order valence-electron chi connectivity index (χ3n) is 3.84. The summed E-state index contributed by atoms with van der Waals surface area (Å²) in [6, 6.07) is 12.3. The maximum atomic E-state index is 12.3. The smallest absolute Gasteiger partial charge is 0.412 e. The van der Waals surface area contributed by atoms with Gasteiger partial charge in [-0.1, -0.05) is 18.2 Å². The lowest BCUT2D eigenvalue weighted by Gasteiger charge is -2.31. The van der Waals surface area contributed by atoms with Gasteiger partial charge < -0.3 is 19.4 Å². The highest BCUT2D eigenvalue weighted by molar-refractivity contribution is 9.10. The highest BCUT2D eigenvalue weighted by atomic mass is 79.9. The number of hydrogen-bond donors (Lipinski definition) is 1. The number of furan rings is 1. The van der Waals surface area contributed by atoms with Crippen molar-refractivity contribution in [2.24, 2.45) is 0 Å². The normalized spacial score (nSPS) is 15.1. The molecule has 1 aliphatic heterocycles. The predicted molar refractivity (Wildman–Crippen MR) is 90.9 cm³/mol. The van der Waals surface area contributed by atoms with Crippen LogP contribution in [0.2, 0.25) is 0 Å². The predicted octanol–water partition coefficient (Wildman–Crippen LogP) is 3.44. The van der Waals surface area contributed by atoms with Gasteiger partial charge in [-0.2, -0.15) is 0 Å². The number of amides is 2. The molecule has 1 N–H and O–H groups in total. The third-order valence-corrected chi connectivity index (χ3v) is 4.27. The Morgan fingerprint density at radius 3 is 2.46 bits per heavy atom. The molecule has 1 fully saturated rings. The minimum Gasteiger partial charge on any atom is -0.444 e. The van der Waals surface area contributed by atoms with Gasteiger partial charge in [0.05, 0.1) is 0 Å². The van der Waals surface area contributed by atoms with Crippen molar-refractivity contribution in [2.45, 2.75) is 18.9 Å². The van der Waals surface area contributed by atoms with Crippen molar-refractivity contribution >= 4 is 27.9 Å². The first kappa shape index (κ1) is 16.6. The fourth-order valence-corrected chi connectivity index (χ4v) is 2.91.